The maximum absolute atomic E-state index is 13.4. The molecule has 27 heavy (non-hydrogen) atoms. The van der Waals surface area contributed by atoms with E-state index in [1.54, 1.807) is 6.92 Å². The Balaban J connectivity index is 1.86. The minimum Gasteiger partial charge on any atom is -0.478 e. The Labute approximate surface area is 156 Å². The average molecular weight is 363 g/mol. The third-order valence-corrected chi connectivity index (χ3v) is 4.27. The highest BCUT2D eigenvalue weighted by atomic mass is 19.1. The van der Waals surface area contributed by atoms with Crippen molar-refractivity contribution in [3.05, 3.63) is 83.2 Å². The topological polar surface area (TPSA) is 66.4 Å². The lowest BCUT2D eigenvalue weighted by Crippen LogP contribution is -2.12. The van der Waals surface area contributed by atoms with Gasteiger partial charge in [-0.2, -0.15) is 0 Å². The fraction of sp³-hybridized carbons (Fsp3) is 0.0909. The molecule has 4 nitrogen and oxygen atoms in total. The standard InChI is InChI=1S/C22H18FNO3/c1-13-3-4-17-11-15(5-6-16(17)9-13)14(2)10-21(25)24-20-12-18(23)7-8-19(20)22(26)27/h3-12H,1-2H3,(H,24,25)(H,26,27). The number of anilines is 1. The van der Waals surface area contributed by atoms with Crippen molar-refractivity contribution in [1.82, 2.24) is 0 Å². The monoisotopic (exact) mass is 363 g/mol. The van der Waals surface area contributed by atoms with Crippen molar-refractivity contribution in [1.29, 1.82) is 0 Å². The predicted molar refractivity (Wildman–Crippen MR) is 104 cm³/mol. The van der Waals surface area contributed by atoms with Gasteiger partial charge in [0, 0.05) is 6.08 Å². The first-order valence-electron chi connectivity index (χ1n) is 8.36. The van der Waals surface area contributed by atoms with Crippen LogP contribution in [0.5, 0.6) is 0 Å². The second-order valence-electron chi connectivity index (χ2n) is 6.38. The molecule has 0 aliphatic carbocycles. The lowest BCUT2D eigenvalue weighted by molar-refractivity contribution is -0.111. The van der Waals surface area contributed by atoms with E-state index in [1.165, 1.54) is 11.6 Å². The number of nitrogens with one attached hydrogen (secondary N) is 1. The van der Waals surface area contributed by atoms with Crippen LogP contribution < -0.4 is 5.32 Å². The maximum Gasteiger partial charge on any atom is 0.337 e. The number of aryl methyl sites for hydroxylation is 1. The molecule has 0 saturated heterocycles. The van der Waals surface area contributed by atoms with Crippen molar-refractivity contribution in [2.45, 2.75) is 13.8 Å². The van der Waals surface area contributed by atoms with Crippen molar-refractivity contribution >= 4 is 33.9 Å². The van der Waals surface area contributed by atoms with Gasteiger partial charge >= 0.3 is 5.97 Å². The van der Waals surface area contributed by atoms with Gasteiger partial charge in [-0.05, 0) is 60.0 Å². The number of fused-ring (bicyclic) bond motifs is 1. The molecule has 5 heteroatoms. The molecule has 0 aliphatic rings. The number of allylic oxidation sites excluding steroid dienone is 1. The van der Waals surface area contributed by atoms with E-state index < -0.39 is 17.7 Å². The van der Waals surface area contributed by atoms with Crippen molar-refractivity contribution in [3.8, 4) is 0 Å². The normalized spacial score (nSPS) is 11.4. The predicted octanol–water partition coefficient (Wildman–Crippen LogP) is 5.03. The van der Waals surface area contributed by atoms with Gasteiger partial charge < -0.3 is 10.4 Å². The Morgan fingerprint density at radius 1 is 1.00 bits per heavy atom. The van der Waals surface area contributed by atoms with Crippen LogP contribution in [0.2, 0.25) is 0 Å². The number of halogens is 1. The molecule has 0 fully saturated rings. The second kappa shape index (κ2) is 7.41. The van der Waals surface area contributed by atoms with E-state index in [0.717, 1.165) is 34.5 Å². The number of rotatable bonds is 4. The lowest BCUT2D eigenvalue weighted by Gasteiger charge is -2.08. The third-order valence-electron chi connectivity index (χ3n) is 4.27. The molecular weight excluding hydrogens is 345 g/mol. The molecule has 2 N–H and O–H groups in total. The minimum absolute atomic E-state index is 0.0782. The van der Waals surface area contributed by atoms with Crippen molar-refractivity contribution in [3.63, 3.8) is 0 Å². The zero-order valence-corrected chi connectivity index (χ0v) is 14.9. The summed E-state index contributed by atoms with van der Waals surface area (Å²) in [6.45, 7) is 3.82. The van der Waals surface area contributed by atoms with Gasteiger partial charge in [-0.1, -0.05) is 35.9 Å². The average Bonchev–Trinajstić information content (AvgIpc) is 2.60. The van der Waals surface area contributed by atoms with Gasteiger partial charge in [0.2, 0.25) is 5.91 Å². The second-order valence-corrected chi connectivity index (χ2v) is 6.38. The molecule has 0 radical (unpaired) electrons. The van der Waals surface area contributed by atoms with Gasteiger partial charge in [-0.15, -0.1) is 0 Å². The van der Waals surface area contributed by atoms with Crippen LogP contribution in [-0.4, -0.2) is 17.0 Å². The van der Waals surface area contributed by atoms with E-state index in [9.17, 15) is 14.0 Å². The Kier molecular flexibility index (Phi) is 5.03. The summed E-state index contributed by atoms with van der Waals surface area (Å²) < 4.78 is 13.4. The first-order chi connectivity index (χ1) is 12.8. The Morgan fingerprint density at radius 2 is 1.70 bits per heavy atom. The largest absolute Gasteiger partial charge is 0.478 e. The van der Waals surface area contributed by atoms with E-state index in [-0.39, 0.29) is 11.3 Å². The smallest absolute Gasteiger partial charge is 0.337 e. The van der Waals surface area contributed by atoms with Gasteiger partial charge in [0.05, 0.1) is 11.3 Å². The molecule has 136 valence electrons. The third kappa shape index (κ3) is 4.20. The Hall–Kier alpha value is -3.47. The van der Waals surface area contributed by atoms with Gasteiger partial charge in [0.15, 0.2) is 0 Å². The van der Waals surface area contributed by atoms with E-state index in [0.29, 0.717) is 5.57 Å². The summed E-state index contributed by atoms with van der Waals surface area (Å²) in [7, 11) is 0. The summed E-state index contributed by atoms with van der Waals surface area (Å²) in [4.78, 5) is 23.5. The van der Waals surface area contributed by atoms with Crippen molar-refractivity contribution < 1.29 is 19.1 Å². The molecule has 0 aliphatic heterocycles. The number of hydrogen-bond donors (Lipinski definition) is 2. The highest BCUT2D eigenvalue weighted by Crippen LogP contribution is 2.23. The Bertz CT molecular complexity index is 1090. The lowest BCUT2D eigenvalue weighted by atomic mass is 10.0. The van der Waals surface area contributed by atoms with Gasteiger partial charge in [0.1, 0.15) is 5.82 Å². The van der Waals surface area contributed by atoms with Crippen LogP contribution in [0.4, 0.5) is 10.1 Å². The Morgan fingerprint density at radius 3 is 2.44 bits per heavy atom. The number of amides is 1. The van der Waals surface area contributed by atoms with Crippen molar-refractivity contribution in [2.24, 2.45) is 0 Å². The van der Waals surface area contributed by atoms with Gasteiger partial charge in [0.25, 0.3) is 0 Å². The van der Waals surface area contributed by atoms with Crippen LogP contribution in [0, 0.1) is 12.7 Å². The van der Waals surface area contributed by atoms with Gasteiger partial charge in [-0.25, -0.2) is 9.18 Å². The first-order valence-corrected chi connectivity index (χ1v) is 8.36. The zero-order chi connectivity index (χ0) is 19.6. The molecular formula is C22H18FNO3. The summed E-state index contributed by atoms with van der Waals surface area (Å²) in [6.07, 6.45) is 1.37. The zero-order valence-electron chi connectivity index (χ0n) is 14.9. The maximum atomic E-state index is 13.4. The minimum atomic E-state index is -1.24. The summed E-state index contributed by atoms with van der Waals surface area (Å²) in [5.74, 6) is -2.39. The molecule has 0 spiro atoms. The fourth-order valence-corrected chi connectivity index (χ4v) is 2.87. The number of carbonyl (C=O) groups is 2. The molecule has 0 aromatic heterocycles. The van der Waals surface area contributed by atoms with E-state index in [4.69, 9.17) is 5.11 Å². The van der Waals surface area contributed by atoms with Crippen LogP contribution in [0.25, 0.3) is 16.3 Å². The number of aromatic carboxylic acids is 1. The quantitative estimate of drug-likeness (QED) is 0.639. The number of hydrogen-bond acceptors (Lipinski definition) is 2. The first kappa shape index (κ1) is 18.3. The van der Waals surface area contributed by atoms with Crippen LogP contribution in [-0.2, 0) is 4.79 Å². The molecule has 0 atom stereocenters. The molecule has 3 aromatic carbocycles. The number of carboxylic acids is 1. The summed E-state index contributed by atoms with van der Waals surface area (Å²) in [5, 5.41) is 13.8. The van der Waals surface area contributed by atoms with E-state index in [2.05, 4.69) is 11.4 Å². The summed E-state index contributed by atoms with van der Waals surface area (Å²) in [6, 6.07) is 15.2. The molecule has 0 heterocycles. The molecule has 0 bridgehead atoms. The molecule has 3 aromatic rings. The van der Waals surface area contributed by atoms with Crippen LogP contribution in [0.15, 0.2) is 60.7 Å². The van der Waals surface area contributed by atoms with Crippen LogP contribution in [0.1, 0.15) is 28.4 Å². The van der Waals surface area contributed by atoms with Crippen molar-refractivity contribution in [2.75, 3.05) is 5.32 Å². The van der Waals surface area contributed by atoms with E-state index in [1.807, 2.05) is 37.3 Å². The summed E-state index contributed by atoms with van der Waals surface area (Å²) in [5.41, 5.74) is 2.51. The molecule has 0 saturated carbocycles. The summed E-state index contributed by atoms with van der Waals surface area (Å²) >= 11 is 0. The molecule has 1 amide bonds. The SMILES string of the molecule is CC(=CC(=O)Nc1cc(F)ccc1C(=O)O)c1ccc2cc(C)ccc2c1. The van der Waals surface area contributed by atoms with Crippen LogP contribution >= 0.6 is 0 Å². The molecule has 0 unspecified atom stereocenters. The fourth-order valence-electron chi connectivity index (χ4n) is 2.87. The van der Waals surface area contributed by atoms with Crippen LogP contribution in [0.3, 0.4) is 0 Å². The number of carbonyl (C=O) groups excluding carboxylic acids is 1. The highest BCUT2D eigenvalue weighted by molar-refractivity contribution is 6.07. The van der Waals surface area contributed by atoms with Gasteiger partial charge in [-0.3, -0.25) is 4.79 Å². The number of carboxylic acid groups (broad SMARTS) is 1. The number of benzene rings is 3. The highest BCUT2D eigenvalue weighted by Gasteiger charge is 2.13. The van der Waals surface area contributed by atoms with E-state index >= 15 is 0 Å². The molecule has 3 rings (SSSR count).